The van der Waals surface area contributed by atoms with Crippen LogP contribution in [0.2, 0.25) is 0 Å². The molecule has 0 spiro atoms. The van der Waals surface area contributed by atoms with Crippen LogP contribution in [0.3, 0.4) is 0 Å². The van der Waals surface area contributed by atoms with Crippen molar-refractivity contribution in [2.24, 2.45) is 59.2 Å². The van der Waals surface area contributed by atoms with Crippen molar-refractivity contribution in [3.8, 4) is 0 Å². The van der Waals surface area contributed by atoms with Crippen molar-refractivity contribution < 1.29 is 0 Å². The molecule has 25 heteroatoms. The molecule has 0 aromatic heterocycles. The van der Waals surface area contributed by atoms with E-state index in [1.54, 1.807) is 0 Å². The van der Waals surface area contributed by atoms with Crippen LogP contribution < -0.4 is 0 Å². The largest absolute Gasteiger partial charge is 0.0625 e. The topological polar surface area (TPSA) is 0 Å². The maximum atomic E-state index is 2.45. The highest BCUT2D eigenvalue weighted by molar-refractivity contribution is 14.1. The lowest BCUT2D eigenvalue weighted by atomic mass is 10.0. The molecule has 125 heavy (non-hydrogen) atoms. The van der Waals surface area contributed by atoms with E-state index < -0.39 is 0 Å². The molecular formula is C100H115I25. The second-order valence-electron chi connectivity index (χ2n) is 33.9. The lowest BCUT2D eigenvalue weighted by molar-refractivity contribution is 0.643. The predicted molar refractivity (Wildman–Crippen MR) is 768 cm³/mol. The first-order valence-electron chi connectivity index (χ1n) is 40.9. The average Bonchev–Trinajstić information content (AvgIpc) is 0.849. The highest BCUT2D eigenvalue weighted by atomic mass is 127. The van der Waals surface area contributed by atoms with E-state index in [1.165, 1.54) is 209 Å². The van der Waals surface area contributed by atoms with E-state index in [2.05, 4.69) is 855 Å². The van der Waals surface area contributed by atoms with E-state index in [4.69, 9.17) is 0 Å². The van der Waals surface area contributed by atoms with Crippen molar-refractivity contribution in [1.29, 1.82) is 0 Å². The number of rotatable bonds is 20. The maximum absolute atomic E-state index is 2.45. The van der Waals surface area contributed by atoms with E-state index >= 15 is 0 Å². The first-order chi connectivity index (χ1) is 58.0. The number of halogens is 25. The fraction of sp³-hybridized carbons (Fsp3) is 0.400. The summed E-state index contributed by atoms with van der Waals surface area (Å²) < 4.78 is 34.5. The lowest BCUT2D eigenvalue weighted by Crippen LogP contribution is -2.01. The SMILES string of the molecule is CC(C)Cc1c(I)ccc(I)c1I.CC(C)Cc1c(I)cccc1I.CC(C)Cc1cc(I)c(I)c(I)c1.CC(C)Cc1cc(I)c(I)cc1I.CC(C)Cc1cc(I)cc(I)c1I.CC(C)Cc1cc(I)ccc1I.CC(C)Cc1ccc(I)c(I)c1.CC(C)Cc1ccc(I)c(I)c1I.CC(C)Cc1ccc(I)cc1I.CC(C)Cc1cccc(I)c1I. The third-order valence-electron chi connectivity index (χ3n) is 16.8. The second kappa shape index (κ2) is 73.5. The molecule has 0 heterocycles. The summed E-state index contributed by atoms with van der Waals surface area (Å²) in [5.41, 5.74) is 14.9. The Morgan fingerprint density at radius 1 is 0.152 bits per heavy atom. The van der Waals surface area contributed by atoms with Crippen molar-refractivity contribution >= 4 is 565 Å². The van der Waals surface area contributed by atoms with E-state index in [0.717, 1.165) is 59.2 Å². The van der Waals surface area contributed by atoms with Crippen molar-refractivity contribution in [3.05, 3.63) is 297 Å². The minimum absolute atomic E-state index is 0.736. The van der Waals surface area contributed by atoms with Gasteiger partial charge in [-0.05, 0) is 859 Å². The van der Waals surface area contributed by atoms with Gasteiger partial charge in [0.25, 0.3) is 0 Å². The van der Waals surface area contributed by atoms with Gasteiger partial charge in [0.05, 0.1) is 0 Å². The highest BCUT2D eigenvalue weighted by Gasteiger charge is 2.15. The van der Waals surface area contributed by atoms with Crippen molar-refractivity contribution in [1.82, 2.24) is 0 Å². The highest BCUT2D eigenvalue weighted by Crippen LogP contribution is 2.33. The summed E-state index contributed by atoms with van der Waals surface area (Å²) in [6.07, 6.45) is 11.9. The lowest BCUT2D eigenvalue weighted by Gasteiger charge is -2.11. The third kappa shape index (κ3) is 59.3. The Hall–Kier alpha value is 10.4. The molecule has 10 aromatic carbocycles. The molecule has 10 rings (SSSR count). The molecule has 10 aromatic rings. The van der Waals surface area contributed by atoms with Crippen LogP contribution >= 0.6 is 565 Å². The van der Waals surface area contributed by atoms with Gasteiger partial charge < -0.3 is 0 Å². The summed E-state index contributed by atoms with van der Waals surface area (Å²) in [5.74, 6) is 7.44. The van der Waals surface area contributed by atoms with Gasteiger partial charge in [-0.1, -0.05) is 175 Å². The molecular weight excluding hydrogens is 4370 g/mol. The second-order valence-corrected chi connectivity index (χ2v) is 62.7. The molecule has 0 N–H and O–H groups in total. The van der Waals surface area contributed by atoms with Crippen LogP contribution in [0.25, 0.3) is 0 Å². The minimum Gasteiger partial charge on any atom is -0.0625 e. The molecule has 0 aliphatic heterocycles. The van der Waals surface area contributed by atoms with Gasteiger partial charge in [-0.2, -0.15) is 0 Å². The van der Waals surface area contributed by atoms with Crippen LogP contribution in [0.15, 0.2) is 152 Å². The molecule has 0 aliphatic carbocycles. The van der Waals surface area contributed by atoms with E-state index in [0.29, 0.717) is 0 Å². The Labute approximate surface area is 1100 Å². The fourth-order valence-electron chi connectivity index (χ4n) is 11.6. The Bertz CT molecular complexity index is 4810. The van der Waals surface area contributed by atoms with Gasteiger partial charge in [-0.3, -0.25) is 0 Å². The van der Waals surface area contributed by atoms with Crippen molar-refractivity contribution in [3.63, 3.8) is 0 Å². The van der Waals surface area contributed by atoms with Crippen molar-refractivity contribution in [2.75, 3.05) is 0 Å². The van der Waals surface area contributed by atoms with Gasteiger partial charge in [0.15, 0.2) is 0 Å². The third-order valence-corrected chi connectivity index (χ3v) is 50.3. The molecule has 0 unspecified atom stereocenters. The van der Waals surface area contributed by atoms with Gasteiger partial charge in [-0.15, -0.1) is 0 Å². The normalized spacial score (nSPS) is 10.8. The van der Waals surface area contributed by atoms with E-state index in [9.17, 15) is 0 Å². The first-order valence-corrected chi connectivity index (χ1v) is 67.8. The van der Waals surface area contributed by atoms with Crippen molar-refractivity contribution in [2.45, 2.75) is 203 Å². The number of hydrogen-bond acceptors (Lipinski definition) is 0. The Balaban J connectivity index is 0.000000695. The predicted octanol–water partition coefficient (Wildman–Crippen LogP) is 44.0. The molecule has 0 aliphatic rings. The van der Waals surface area contributed by atoms with Crippen LogP contribution in [-0.2, 0) is 64.2 Å². The zero-order valence-corrected chi connectivity index (χ0v) is 128. The Morgan fingerprint density at radius 3 is 0.952 bits per heavy atom. The Kier molecular flexibility index (Phi) is 78.5. The summed E-state index contributed by atoms with van der Waals surface area (Å²) in [6, 6.07) is 55.6. The quantitative estimate of drug-likeness (QED) is 0.0405. The molecule has 0 bridgehead atoms. The van der Waals surface area contributed by atoms with Gasteiger partial charge in [0, 0.05) is 89.3 Å². The number of benzene rings is 10. The van der Waals surface area contributed by atoms with Crippen LogP contribution in [0.1, 0.15) is 194 Å². The summed E-state index contributed by atoms with van der Waals surface area (Å²) in [6.45, 7) is 45.2. The summed E-state index contributed by atoms with van der Waals surface area (Å²) in [5, 5.41) is 0. The molecule has 0 atom stereocenters. The van der Waals surface area contributed by atoms with Crippen LogP contribution in [0, 0.1) is 148 Å². The summed E-state index contributed by atoms with van der Waals surface area (Å²) >= 11 is 60.2. The summed E-state index contributed by atoms with van der Waals surface area (Å²) in [4.78, 5) is 0. The zero-order valence-electron chi connectivity index (χ0n) is 74.2. The Morgan fingerprint density at radius 2 is 0.456 bits per heavy atom. The van der Waals surface area contributed by atoms with Crippen LogP contribution in [0.4, 0.5) is 0 Å². The molecule has 0 fully saturated rings. The van der Waals surface area contributed by atoms with Gasteiger partial charge in [0.1, 0.15) is 0 Å². The van der Waals surface area contributed by atoms with Gasteiger partial charge in [-0.25, -0.2) is 0 Å². The van der Waals surface area contributed by atoms with E-state index in [-0.39, 0.29) is 0 Å². The minimum atomic E-state index is 0.736. The smallest absolute Gasteiger partial charge is 0.0400 e. The molecule has 690 valence electrons. The molecule has 0 saturated heterocycles. The zero-order chi connectivity index (χ0) is 95.7. The molecule has 0 saturated carbocycles. The maximum Gasteiger partial charge on any atom is 0.0400 e. The standard InChI is InChI=1S/5C10H11I3.5C10H12I2/c1-6(2)3-7-4-9(12)10(13)5-8(7)11;1-6(2)3-7-4-8(11)5-9(12)10(7)13;1-6(2)3-7-4-8(11)10(13)9(12)5-7;1-6(2)5-7-8(11)3-4-9(12)10(7)13;1-6(2)5-7-3-4-8(11)10(13)9(7)12;1-7(2)5-8-6-9(11)3-4-10(8)12;1-7(2)5-8-3-4-9(11)6-10(8)12;1-7(2)5-8-3-4-9(11)10(12)6-8;1-7(2)6-8-9(11)4-3-5-10(8)12;1-7(2)6-8-4-3-5-9(11)10(8)12/h3*4-6H,3H2,1-2H3;2*3-4,6H,5H2,1-2H3;3*3-4,6-7H,5H2,1-2H3;2*3-5,7H,6H2,1-2H3. The average molecular weight is 4490 g/mol. The van der Waals surface area contributed by atoms with Gasteiger partial charge in [0.2, 0.25) is 0 Å². The summed E-state index contributed by atoms with van der Waals surface area (Å²) in [7, 11) is 0. The monoisotopic (exact) mass is 4490 g/mol. The number of hydrogen-bond donors (Lipinski definition) is 0. The molecule has 0 radical (unpaired) electrons. The first kappa shape index (κ1) is 133. The van der Waals surface area contributed by atoms with Gasteiger partial charge >= 0.3 is 0 Å². The molecule has 0 amide bonds. The fourth-order valence-corrected chi connectivity index (χ4v) is 30.1. The van der Waals surface area contributed by atoms with Crippen LogP contribution in [0.5, 0.6) is 0 Å². The molecule has 0 nitrogen and oxygen atoms in total. The van der Waals surface area contributed by atoms with Crippen LogP contribution in [-0.4, -0.2) is 0 Å². The van der Waals surface area contributed by atoms with E-state index in [1.807, 2.05) is 0 Å².